The molecule has 0 spiro atoms. The summed E-state index contributed by atoms with van der Waals surface area (Å²) in [6, 6.07) is 19.8. The van der Waals surface area contributed by atoms with Gasteiger partial charge in [-0.3, -0.25) is 4.90 Å². The number of fused-ring (bicyclic) bond motifs is 2. The van der Waals surface area contributed by atoms with Crippen LogP contribution in [-0.2, 0) is 27.4 Å². The Morgan fingerprint density at radius 1 is 1.03 bits per heavy atom. The van der Waals surface area contributed by atoms with Crippen LogP contribution < -0.4 is 14.8 Å². The first-order valence-corrected chi connectivity index (χ1v) is 21.1. The maximum atomic E-state index is 14.3. The van der Waals surface area contributed by atoms with Crippen LogP contribution in [-0.4, -0.2) is 84.3 Å². The van der Waals surface area contributed by atoms with Crippen molar-refractivity contribution in [1.29, 1.82) is 0 Å². The third kappa shape index (κ3) is 10.3. The minimum atomic E-state index is -1.56. The molecule has 14 heteroatoms. The number of carbonyl (C=O) groups excluding carboxylic acids is 2. The van der Waals surface area contributed by atoms with E-state index in [2.05, 4.69) is 23.1 Å². The number of benzene rings is 3. The van der Waals surface area contributed by atoms with E-state index in [-0.39, 0.29) is 69.6 Å². The first kappa shape index (κ1) is 44.6. The summed E-state index contributed by atoms with van der Waals surface area (Å²) in [5.41, 5.74) is 3.77. The van der Waals surface area contributed by atoms with Crippen molar-refractivity contribution >= 4 is 29.5 Å². The highest BCUT2D eigenvalue weighted by Crippen LogP contribution is 2.62. The topological polar surface area (TPSA) is 148 Å². The SMILES string of the molecule is C=CCOC12Oc3ccc(OC(=O)NCc4ccccc4)cc3C3C(CCCCO)C(CCCCO)C=C(C(=NOC)CC1N(Cc1ccc(F)cc1)C(=O)OCCCl)C32. The monoisotopic (exact) mass is 847 g/mol. The third-order valence-electron chi connectivity index (χ3n) is 11.5. The van der Waals surface area contributed by atoms with Gasteiger partial charge in [-0.25, -0.2) is 14.0 Å². The van der Waals surface area contributed by atoms with Crippen molar-refractivity contribution in [2.45, 2.75) is 75.8 Å². The van der Waals surface area contributed by atoms with Gasteiger partial charge < -0.3 is 39.3 Å². The Balaban J connectivity index is 1.53. The lowest BCUT2D eigenvalue weighted by atomic mass is 9.55. The first-order valence-electron chi connectivity index (χ1n) is 20.6. The van der Waals surface area contributed by atoms with Crippen molar-refractivity contribution in [3.63, 3.8) is 0 Å². The van der Waals surface area contributed by atoms with Gasteiger partial charge in [-0.1, -0.05) is 72.6 Å². The fourth-order valence-corrected chi connectivity index (χ4v) is 9.11. The lowest BCUT2D eigenvalue weighted by molar-refractivity contribution is -0.256. The number of carbonyl (C=O) groups is 2. The number of amides is 2. The highest BCUT2D eigenvalue weighted by atomic mass is 35.5. The Morgan fingerprint density at radius 2 is 1.78 bits per heavy atom. The molecule has 322 valence electrons. The molecule has 0 saturated heterocycles. The molecule has 0 bridgehead atoms. The first-order chi connectivity index (χ1) is 29.3. The fourth-order valence-electron chi connectivity index (χ4n) is 9.03. The smallest absolute Gasteiger partial charge is 0.412 e. The van der Waals surface area contributed by atoms with Crippen LogP contribution in [0.2, 0.25) is 0 Å². The highest BCUT2D eigenvalue weighted by molar-refractivity contribution is 6.18. The Morgan fingerprint density at radius 3 is 2.48 bits per heavy atom. The Hall–Kier alpha value is -4.95. The summed E-state index contributed by atoms with van der Waals surface area (Å²) in [5, 5.41) is 27.1. The summed E-state index contributed by atoms with van der Waals surface area (Å²) in [6.45, 7) is 4.34. The number of oxime groups is 1. The molecule has 6 rings (SSSR count). The largest absolute Gasteiger partial charge is 0.459 e. The van der Waals surface area contributed by atoms with E-state index in [0.29, 0.717) is 42.0 Å². The molecule has 2 amide bonds. The standard InChI is InChI=1S/C46H55ClFN3O9/c1-3-24-58-46-41(51(45(55)57-25-21-47)30-32-15-17-34(48)18-16-32)28-39(50-56-2)37-26-33(13-7-9-22-52)36(14-8-10-23-53)42(43(37)46)38-27-35(19-20-40(38)60-46)59-44(54)49-29-31-11-5-4-6-12-31/h3-6,11-12,15-20,26-27,33,36,41-43,52-53H,1,7-10,13-14,21-25,28-30H2,2H3,(H,49,54). The molecule has 2 aliphatic carbocycles. The molecule has 1 aliphatic heterocycles. The average molecular weight is 848 g/mol. The number of aliphatic hydroxyl groups is 2. The van der Waals surface area contributed by atoms with Crippen LogP contribution in [0.4, 0.5) is 14.0 Å². The molecule has 1 fully saturated rings. The van der Waals surface area contributed by atoms with Gasteiger partial charge in [-0.2, -0.15) is 0 Å². The van der Waals surface area contributed by atoms with Crippen molar-refractivity contribution in [2.75, 3.05) is 39.4 Å². The molecular weight excluding hydrogens is 793 g/mol. The third-order valence-corrected chi connectivity index (χ3v) is 11.7. The fraction of sp³-hybridized carbons (Fsp3) is 0.457. The second-order valence-corrected chi connectivity index (χ2v) is 15.6. The van der Waals surface area contributed by atoms with E-state index < -0.39 is 35.8 Å². The molecular formula is C46H55ClFN3O9. The number of hydrogen-bond acceptors (Lipinski definition) is 10. The number of ether oxygens (including phenoxy) is 4. The van der Waals surface area contributed by atoms with Gasteiger partial charge in [0.1, 0.15) is 37.1 Å². The van der Waals surface area contributed by atoms with Gasteiger partial charge in [-0.05, 0) is 84.6 Å². The maximum absolute atomic E-state index is 14.3. The van der Waals surface area contributed by atoms with Crippen molar-refractivity contribution in [1.82, 2.24) is 10.2 Å². The number of aliphatic hydroxyl groups excluding tert-OH is 2. The summed E-state index contributed by atoms with van der Waals surface area (Å²) in [7, 11) is 1.47. The van der Waals surface area contributed by atoms with Crippen LogP contribution in [0.1, 0.15) is 67.6 Å². The summed E-state index contributed by atoms with van der Waals surface area (Å²) < 4.78 is 39.9. The molecule has 3 aromatic rings. The number of nitrogens with one attached hydrogen (secondary N) is 1. The molecule has 3 aromatic carbocycles. The van der Waals surface area contributed by atoms with Crippen LogP contribution in [0.5, 0.6) is 11.5 Å². The molecule has 6 atom stereocenters. The number of alkyl halides is 1. The van der Waals surface area contributed by atoms with Crippen LogP contribution >= 0.6 is 11.6 Å². The normalized spacial score (nSPS) is 23.3. The maximum Gasteiger partial charge on any atom is 0.412 e. The van der Waals surface area contributed by atoms with Gasteiger partial charge in [0, 0.05) is 44.2 Å². The second kappa shape index (κ2) is 21.5. The predicted molar refractivity (Wildman–Crippen MR) is 225 cm³/mol. The molecule has 1 heterocycles. The van der Waals surface area contributed by atoms with Crippen LogP contribution in [0.25, 0.3) is 0 Å². The summed E-state index contributed by atoms with van der Waals surface area (Å²) in [5.74, 6) is -2.15. The van der Waals surface area contributed by atoms with Crippen LogP contribution in [0.3, 0.4) is 0 Å². The zero-order valence-corrected chi connectivity index (χ0v) is 34.7. The summed E-state index contributed by atoms with van der Waals surface area (Å²) >= 11 is 6.02. The van der Waals surface area contributed by atoms with E-state index >= 15 is 0 Å². The lowest BCUT2D eigenvalue weighted by Gasteiger charge is -2.59. The van der Waals surface area contributed by atoms with Crippen LogP contribution in [0.15, 0.2) is 102 Å². The van der Waals surface area contributed by atoms with E-state index in [0.717, 1.165) is 36.0 Å². The lowest BCUT2D eigenvalue weighted by Crippen LogP contribution is -2.70. The Labute approximate surface area is 355 Å². The summed E-state index contributed by atoms with van der Waals surface area (Å²) in [6.07, 6.45) is 6.88. The molecule has 0 radical (unpaired) electrons. The number of nitrogens with zero attached hydrogens (tertiary/aromatic N) is 2. The number of unbranched alkanes of at least 4 members (excludes halogenated alkanes) is 2. The van der Waals surface area contributed by atoms with E-state index in [4.69, 9.17) is 35.4 Å². The zero-order valence-electron chi connectivity index (χ0n) is 34.0. The molecule has 60 heavy (non-hydrogen) atoms. The van der Waals surface area contributed by atoms with E-state index in [1.807, 2.05) is 36.4 Å². The number of rotatable bonds is 20. The minimum Gasteiger partial charge on any atom is -0.459 e. The summed E-state index contributed by atoms with van der Waals surface area (Å²) in [4.78, 5) is 34.5. The Kier molecular flexibility index (Phi) is 16.0. The van der Waals surface area contributed by atoms with E-state index in [9.17, 15) is 24.2 Å². The number of allylic oxidation sites excluding steroid dienone is 1. The van der Waals surface area contributed by atoms with Crippen molar-refractivity contribution in [3.8, 4) is 11.5 Å². The predicted octanol–water partition coefficient (Wildman–Crippen LogP) is 8.26. The van der Waals surface area contributed by atoms with E-state index in [1.54, 1.807) is 30.3 Å². The van der Waals surface area contributed by atoms with Crippen molar-refractivity contribution in [3.05, 3.63) is 120 Å². The molecule has 3 N–H and O–H groups in total. The molecule has 12 nitrogen and oxygen atoms in total. The van der Waals surface area contributed by atoms with Gasteiger partial charge >= 0.3 is 12.2 Å². The second-order valence-electron chi connectivity index (χ2n) is 15.2. The Bertz CT molecular complexity index is 1970. The molecule has 1 saturated carbocycles. The minimum absolute atomic E-state index is 0.00379. The van der Waals surface area contributed by atoms with Gasteiger partial charge in [0.15, 0.2) is 0 Å². The number of halogens is 2. The van der Waals surface area contributed by atoms with Gasteiger partial charge in [0.25, 0.3) is 0 Å². The zero-order chi connectivity index (χ0) is 42.5. The van der Waals surface area contributed by atoms with Gasteiger partial charge in [0.05, 0.1) is 24.1 Å². The van der Waals surface area contributed by atoms with Crippen molar-refractivity contribution < 1.29 is 48.0 Å². The molecule has 3 aliphatic rings. The van der Waals surface area contributed by atoms with E-state index in [1.165, 1.54) is 24.1 Å². The van der Waals surface area contributed by atoms with Crippen LogP contribution in [0, 0.1) is 23.6 Å². The number of hydrogen-bond donors (Lipinski definition) is 3. The quantitative estimate of drug-likeness (QED) is 0.0443. The highest BCUT2D eigenvalue weighted by Gasteiger charge is 2.65. The van der Waals surface area contributed by atoms with Gasteiger partial charge in [0.2, 0.25) is 5.79 Å². The molecule has 0 aromatic heterocycles. The van der Waals surface area contributed by atoms with Crippen molar-refractivity contribution in [2.24, 2.45) is 22.9 Å². The van der Waals surface area contributed by atoms with Gasteiger partial charge in [-0.15, -0.1) is 18.2 Å². The molecule has 6 unspecified atom stereocenters. The average Bonchev–Trinajstić information content (AvgIpc) is 3.26.